The molecule has 1 aromatic heterocycles. The third kappa shape index (κ3) is 3.13. The molecule has 0 bridgehead atoms. The molecule has 1 heterocycles. The molecule has 1 aromatic carbocycles. The lowest BCUT2D eigenvalue weighted by Crippen LogP contribution is -2.17. The van der Waals surface area contributed by atoms with Gasteiger partial charge in [0.25, 0.3) is 11.8 Å². The van der Waals surface area contributed by atoms with E-state index in [0.29, 0.717) is 16.1 Å². The molecular formula is C16H18N2O2S. The summed E-state index contributed by atoms with van der Waals surface area (Å²) >= 11 is 1.37. The molecule has 0 atom stereocenters. The van der Waals surface area contributed by atoms with Crippen molar-refractivity contribution in [2.75, 3.05) is 5.32 Å². The molecule has 0 aliphatic carbocycles. The van der Waals surface area contributed by atoms with Crippen LogP contribution in [0, 0.1) is 27.7 Å². The highest BCUT2D eigenvalue weighted by atomic mass is 32.1. The largest absolute Gasteiger partial charge is 0.365 e. The van der Waals surface area contributed by atoms with Crippen LogP contribution in [0.15, 0.2) is 18.2 Å². The van der Waals surface area contributed by atoms with Crippen molar-refractivity contribution in [3.05, 3.63) is 50.9 Å². The first-order valence-corrected chi connectivity index (χ1v) is 7.40. The fourth-order valence-electron chi connectivity index (χ4n) is 2.29. The Morgan fingerprint density at radius 2 is 1.62 bits per heavy atom. The molecule has 0 aliphatic heterocycles. The van der Waals surface area contributed by atoms with E-state index >= 15 is 0 Å². The fourth-order valence-corrected chi connectivity index (χ4v) is 3.35. The number of benzene rings is 1. The van der Waals surface area contributed by atoms with Gasteiger partial charge in [0.05, 0.1) is 5.56 Å². The molecule has 4 nitrogen and oxygen atoms in total. The van der Waals surface area contributed by atoms with Crippen molar-refractivity contribution in [1.29, 1.82) is 0 Å². The van der Waals surface area contributed by atoms with E-state index in [1.165, 1.54) is 11.3 Å². The number of amides is 2. The summed E-state index contributed by atoms with van der Waals surface area (Å²) < 4.78 is 0. The number of aryl methyl sites for hydroxylation is 3. The molecule has 2 amide bonds. The molecular weight excluding hydrogens is 284 g/mol. The summed E-state index contributed by atoms with van der Waals surface area (Å²) in [7, 11) is 0. The molecule has 5 heteroatoms. The van der Waals surface area contributed by atoms with E-state index in [0.717, 1.165) is 21.6 Å². The van der Waals surface area contributed by atoms with E-state index < -0.39 is 5.91 Å². The first kappa shape index (κ1) is 15.3. The maximum Gasteiger partial charge on any atom is 0.256 e. The van der Waals surface area contributed by atoms with E-state index in [-0.39, 0.29) is 5.91 Å². The summed E-state index contributed by atoms with van der Waals surface area (Å²) in [5.41, 5.74) is 9.25. The third-order valence-corrected chi connectivity index (χ3v) is 4.47. The molecule has 110 valence electrons. The molecule has 2 aromatic rings. The van der Waals surface area contributed by atoms with Crippen LogP contribution in [0.4, 0.5) is 5.00 Å². The summed E-state index contributed by atoms with van der Waals surface area (Å²) in [5.74, 6) is -0.752. The Hall–Kier alpha value is -2.14. The van der Waals surface area contributed by atoms with Crippen LogP contribution >= 0.6 is 11.3 Å². The monoisotopic (exact) mass is 302 g/mol. The van der Waals surface area contributed by atoms with E-state index in [4.69, 9.17) is 5.73 Å². The van der Waals surface area contributed by atoms with Crippen molar-refractivity contribution in [2.24, 2.45) is 5.73 Å². The van der Waals surface area contributed by atoms with Gasteiger partial charge < -0.3 is 11.1 Å². The van der Waals surface area contributed by atoms with Gasteiger partial charge in [-0.2, -0.15) is 0 Å². The lowest BCUT2D eigenvalue weighted by Gasteiger charge is -2.07. The fraction of sp³-hybridized carbons (Fsp3) is 0.250. The van der Waals surface area contributed by atoms with Crippen LogP contribution in [-0.4, -0.2) is 11.8 Å². The standard InChI is InChI=1S/C16H18N2O2S/c1-8-5-9(2)7-12(6-8)15(20)18-16-13(14(17)19)10(3)11(4)21-16/h5-7H,1-4H3,(H2,17,19)(H,18,20). The number of nitrogens with two attached hydrogens (primary N) is 1. The lowest BCUT2D eigenvalue weighted by molar-refractivity contribution is 0.100. The van der Waals surface area contributed by atoms with Crippen LogP contribution < -0.4 is 11.1 Å². The average molecular weight is 302 g/mol. The van der Waals surface area contributed by atoms with Crippen molar-refractivity contribution < 1.29 is 9.59 Å². The van der Waals surface area contributed by atoms with Crippen molar-refractivity contribution in [3.63, 3.8) is 0 Å². The summed E-state index contributed by atoms with van der Waals surface area (Å²) in [6, 6.07) is 5.64. The molecule has 0 saturated heterocycles. The summed E-state index contributed by atoms with van der Waals surface area (Å²) in [6.07, 6.45) is 0. The second-order valence-corrected chi connectivity index (χ2v) is 6.41. The Kier molecular flexibility index (Phi) is 4.14. The molecule has 0 radical (unpaired) electrons. The van der Waals surface area contributed by atoms with Gasteiger partial charge >= 0.3 is 0 Å². The maximum atomic E-state index is 12.4. The van der Waals surface area contributed by atoms with E-state index in [1.54, 1.807) is 0 Å². The van der Waals surface area contributed by atoms with Gasteiger partial charge in [0.1, 0.15) is 5.00 Å². The summed E-state index contributed by atoms with van der Waals surface area (Å²) in [5, 5.41) is 3.32. The molecule has 0 unspecified atom stereocenters. The van der Waals surface area contributed by atoms with Gasteiger partial charge in [-0.3, -0.25) is 9.59 Å². The zero-order valence-corrected chi connectivity index (χ0v) is 13.4. The highest BCUT2D eigenvalue weighted by Gasteiger charge is 2.19. The van der Waals surface area contributed by atoms with Gasteiger partial charge in [0.15, 0.2) is 0 Å². The third-order valence-electron chi connectivity index (χ3n) is 3.34. The molecule has 21 heavy (non-hydrogen) atoms. The normalized spacial score (nSPS) is 10.5. The van der Waals surface area contributed by atoms with Gasteiger partial charge in [0.2, 0.25) is 0 Å². The maximum absolute atomic E-state index is 12.4. The van der Waals surface area contributed by atoms with Crippen LogP contribution in [0.25, 0.3) is 0 Å². The van der Waals surface area contributed by atoms with Crippen molar-refractivity contribution in [1.82, 2.24) is 0 Å². The quantitative estimate of drug-likeness (QED) is 0.912. The summed E-state index contributed by atoms with van der Waals surface area (Å²) in [4.78, 5) is 24.9. The number of carbonyl (C=O) groups excluding carboxylic acids is 2. The minimum absolute atomic E-state index is 0.231. The Labute approximate surface area is 128 Å². The van der Waals surface area contributed by atoms with Gasteiger partial charge in [0, 0.05) is 10.4 Å². The number of carbonyl (C=O) groups is 2. The highest BCUT2D eigenvalue weighted by molar-refractivity contribution is 7.16. The highest BCUT2D eigenvalue weighted by Crippen LogP contribution is 2.32. The minimum atomic E-state index is -0.521. The first-order valence-electron chi connectivity index (χ1n) is 6.59. The van der Waals surface area contributed by atoms with Crippen LogP contribution in [0.2, 0.25) is 0 Å². The van der Waals surface area contributed by atoms with Crippen LogP contribution in [0.3, 0.4) is 0 Å². The van der Waals surface area contributed by atoms with Gasteiger partial charge in [-0.25, -0.2) is 0 Å². The molecule has 0 fully saturated rings. The van der Waals surface area contributed by atoms with Crippen LogP contribution in [0.1, 0.15) is 42.3 Å². The average Bonchev–Trinajstić information content (AvgIpc) is 2.63. The predicted molar refractivity (Wildman–Crippen MR) is 86.2 cm³/mol. The molecule has 2 rings (SSSR count). The smallest absolute Gasteiger partial charge is 0.256 e. The second-order valence-electron chi connectivity index (χ2n) is 5.18. The number of anilines is 1. The van der Waals surface area contributed by atoms with Crippen molar-refractivity contribution >= 4 is 28.2 Å². The van der Waals surface area contributed by atoms with Gasteiger partial charge in [-0.1, -0.05) is 17.2 Å². The minimum Gasteiger partial charge on any atom is -0.365 e. The number of rotatable bonds is 3. The molecule has 0 saturated carbocycles. The number of nitrogens with one attached hydrogen (secondary N) is 1. The van der Waals surface area contributed by atoms with Crippen molar-refractivity contribution in [2.45, 2.75) is 27.7 Å². The summed E-state index contributed by atoms with van der Waals surface area (Å²) in [6.45, 7) is 7.62. The predicted octanol–water partition coefficient (Wildman–Crippen LogP) is 3.33. The van der Waals surface area contributed by atoms with E-state index in [9.17, 15) is 9.59 Å². The number of primary amides is 1. The zero-order chi connectivity index (χ0) is 15.7. The Balaban J connectivity index is 2.36. The molecule has 0 aliphatic rings. The number of thiophene rings is 1. The van der Waals surface area contributed by atoms with E-state index in [1.807, 2.05) is 45.9 Å². The van der Waals surface area contributed by atoms with Crippen LogP contribution in [-0.2, 0) is 0 Å². The van der Waals surface area contributed by atoms with Crippen molar-refractivity contribution in [3.8, 4) is 0 Å². The number of hydrogen-bond donors (Lipinski definition) is 2. The molecule has 3 N–H and O–H groups in total. The Bertz CT molecular complexity index is 712. The van der Waals surface area contributed by atoms with Gasteiger partial charge in [-0.15, -0.1) is 11.3 Å². The first-order chi connectivity index (χ1) is 9.79. The van der Waals surface area contributed by atoms with E-state index in [2.05, 4.69) is 5.32 Å². The molecule has 0 spiro atoms. The topological polar surface area (TPSA) is 72.2 Å². The zero-order valence-electron chi connectivity index (χ0n) is 12.5. The lowest BCUT2D eigenvalue weighted by atomic mass is 10.1. The number of hydrogen-bond acceptors (Lipinski definition) is 3. The Morgan fingerprint density at radius 3 is 2.14 bits per heavy atom. The SMILES string of the molecule is Cc1cc(C)cc(C(=O)Nc2sc(C)c(C)c2C(N)=O)c1. The Morgan fingerprint density at radius 1 is 1.05 bits per heavy atom. The van der Waals surface area contributed by atoms with Gasteiger partial charge in [-0.05, 0) is 45.4 Å². The second kappa shape index (κ2) is 5.69. The van der Waals surface area contributed by atoms with Crippen LogP contribution in [0.5, 0.6) is 0 Å².